The minimum absolute atomic E-state index is 0.0374. The van der Waals surface area contributed by atoms with E-state index in [0.29, 0.717) is 19.5 Å². The van der Waals surface area contributed by atoms with Crippen LogP contribution in [0.3, 0.4) is 0 Å². The molecule has 1 aliphatic carbocycles. The average molecular weight is 255 g/mol. The van der Waals surface area contributed by atoms with Gasteiger partial charge in [-0.25, -0.2) is 4.79 Å². The van der Waals surface area contributed by atoms with Gasteiger partial charge in [0.2, 0.25) is 0 Å². The average Bonchev–Trinajstić information content (AvgIpc) is 3.15. The number of amides is 2. The number of hydrogen-bond acceptors (Lipinski definition) is 2. The summed E-state index contributed by atoms with van der Waals surface area (Å²) in [5.41, 5.74) is 2.22. The Kier molecular flexibility index (Phi) is 2.70. The molecule has 2 aliphatic rings. The Morgan fingerprint density at radius 1 is 1.37 bits per heavy atom. The van der Waals surface area contributed by atoms with Crippen LogP contribution in [0.4, 0.5) is 10.5 Å². The van der Waals surface area contributed by atoms with Crippen LogP contribution in [0.25, 0.3) is 0 Å². The SMILES string of the molecule is CN1Cc2ccccc2N(CC2(CC#N)CC2)C1=O. The van der Waals surface area contributed by atoms with Gasteiger partial charge in [0.05, 0.1) is 11.8 Å². The molecule has 1 aromatic rings. The fraction of sp³-hybridized carbons (Fsp3) is 0.467. The zero-order valence-electron chi connectivity index (χ0n) is 11.1. The highest BCUT2D eigenvalue weighted by Gasteiger charge is 2.46. The molecule has 98 valence electrons. The first-order valence-corrected chi connectivity index (χ1v) is 6.63. The number of para-hydroxylation sites is 1. The van der Waals surface area contributed by atoms with Crippen LogP contribution < -0.4 is 4.90 Å². The summed E-state index contributed by atoms with van der Waals surface area (Å²) < 4.78 is 0. The van der Waals surface area contributed by atoms with Crippen molar-refractivity contribution in [2.45, 2.75) is 25.8 Å². The number of benzene rings is 1. The molecule has 2 amide bonds. The van der Waals surface area contributed by atoms with Crippen LogP contribution in [-0.2, 0) is 6.54 Å². The molecular formula is C15H17N3O. The van der Waals surface area contributed by atoms with Crippen LogP contribution >= 0.6 is 0 Å². The molecule has 1 heterocycles. The number of nitriles is 1. The van der Waals surface area contributed by atoms with Crippen LogP contribution in [0, 0.1) is 16.7 Å². The predicted molar refractivity (Wildman–Crippen MR) is 72.5 cm³/mol. The van der Waals surface area contributed by atoms with E-state index in [9.17, 15) is 4.79 Å². The summed E-state index contributed by atoms with van der Waals surface area (Å²) in [5, 5.41) is 8.92. The number of carbonyl (C=O) groups excluding carboxylic acids is 1. The van der Waals surface area contributed by atoms with E-state index < -0.39 is 0 Å². The number of anilines is 1. The lowest BCUT2D eigenvalue weighted by Gasteiger charge is -2.36. The van der Waals surface area contributed by atoms with Gasteiger partial charge in [0.15, 0.2) is 0 Å². The van der Waals surface area contributed by atoms with Crippen LogP contribution in [0.1, 0.15) is 24.8 Å². The minimum atomic E-state index is 0.0374. The number of nitrogens with zero attached hydrogens (tertiary/aromatic N) is 3. The molecule has 3 rings (SSSR count). The maximum atomic E-state index is 12.4. The lowest BCUT2D eigenvalue weighted by Crippen LogP contribution is -2.47. The van der Waals surface area contributed by atoms with Gasteiger partial charge < -0.3 is 4.90 Å². The Balaban J connectivity index is 1.91. The molecule has 4 nitrogen and oxygen atoms in total. The first kappa shape index (κ1) is 12.0. The number of fused-ring (bicyclic) bond motifs is 1. The van der Waals surface area contributed by atoms with Crippen molar-refractivity contribution in [1.82, 2.24) is 4.90 Å². The third-order valence-electron chi connectivity index (χ3n) is 4.15. The van der Waals surface area contributed by atoms with Gasteiger partial charge in [0.1, 0.15) is 0 Å². The summed E-state index contributed by atoms with van der Waals surface area (Å²) >= 11 is 0. The zero-order valence-corrected chi connectivity index (χ0v) is 11.1. The monoisotopic (exact) mass is 255 g/mol. The molecule has 1 fully saturated rings. The fourth-order valence-electron chi connectivity index (χ4n) is 2.76. The molecular weight excluding hydrogens is 238 g/mol. The van der Waals surface area contributed by atoms with E-state index in [1.54, 1.807) is 4.90 Å². The molecule has 0 aromatic heterocycles. The highest BCUT2D eigenvalue weighted by atomic mass is 16.2. The second kappa shape index (κ2) is 4.27. The summed E-state index contributed by atoms with van der Waals surface area (Å²) in [6, 6.07) is 10.3. The molecule has 1 aliphatic heterocycles. The molecule has 0 bridgehead atoms. The Bertz CT molecular complexity index is 557. The largest absolute Gasteiger partial charge is 0.324 e. The topological polar surface area (TPSA) is 47.3 Å². The van der Waals surface area contributed by atoms with Crippen LogP contribution in [0.15, 0.2) is 24.3 Å². The van der Waals surface area contributed by atoms with Crippen molar-refractivity contribution in [2.24, 2.45) is 5.41 Å². The fourth-order valence-corrected chi connectivity index (χ4v) is 2.76. The molecule has 0 atom stereocenters. The third kappa shape index (κ3) is 2.06. The van der Waals surface area contributed by atoms with Gasteiger partial charge in [-0.2, -0.15) is 5.26 Å². The van der Waals surface area contributed by atoms with Gasteiger partial charge in [0, 0.05) is 32.0 Å². The van der Waals surface area contributed by atoms with Gasteiger partial charge in [-0.05, 0) is 24.5 Å². The van der Waals surface area contributed by atoms with Crippen molar-refractivity contribution in [2.75, 3.05) is 18.5 Å². The van der Waals surface area contributed by atoms with Crippen molar-refractivity contribution in [1.29, 1.82) is 5.26 Å². The van der Waals surface area contributed by atoms with Gasteiger partial charge >= 0.3 is 6.03 Å². The normalized spacial score (nSPS) is 19.9. The molecule has 0 unspecified atom stereocenters. The first-order chi connectivity index (χ1) is 9.15. The van der Waals surface area contributed by atoms with Crippen molar-refractivity contribution in [3.8, 4) is 6.07 Å². The molecule has 4 heteroatoms. The summed E-state index contributed by atoms with van der Waals surface area (Å²) in [6.45, 7) is 1.33. The second-order valence-electron chi connectivity index (χ2n) is 5.69. The van der Waals surface area contributed by atoms with Crippen LogP contribution in [0.5, 0.6) is 0 Å². The van der Waals surface area contributed by atoms with Gasteiger partial charge in [0.25, 0.3) is 0 Å². The van der Waals surface area contributed by atoms with E-state index in [2.05, 4.69) is 12.1 Å². The van der Waals surface area contributed by atoms with Gasteiger partial charge in [-0.3, -0.25) is 4.90 Å². The summed E-state index contributed by atoms with van der Waals surface area (Å²) in [5.74, 6) is 0. The molecule has 0 radical (unpaired) electrons. The summed E-state index contributed by atoms with van der Waals surface area (Å²) in [6.07, 6.45) is 2.65. The Morgan fingerprint density at radius 3 is 2.79 bits per heavy atom. The maximum Gasteiger partial charge on any atom is 0.324 e. The highest BCUT2D eigenvalue weighted by molar-refractivity contribution is 5.94. The van der Waals surface area contributed by atoms with Crippen LogP contribution in [-0.4, -0.2) is 24.5 Å². The molecule has 0 N–H and O–H groups in total. The van der Waals surface area contributed by atoms with E-state index in [0.717, 1.165) is 18.5 Å². The molecule has 1 aromatic carbocycles. The minimum Gasteiger partial charge on any atom is -0.323 e. The smallest absolute Gasteiger partial charge is 0.323 e. The summed E-state index contributed by atoms with van der Waals surface area (Å²) in [7, 11) is 1.83. The standard InChI is InChI=1S/C15H17N3O/c1-17-10-12-4-2-3-5-13(12)18(14(17)19)11-15(6-7-15)8-9-16/h2-5H,6-8,10-11H2,1H3. The molecule has 0 saturated heterocycles. The van der Waals surface area contributed by atoms with E-state index in [4.69, 9.17) is 5.26 Å². The van der Waals surface area contributed by atoms with E-state index in [1.165, 1.54) is 5.56 Å². The Hall–Kier alpha value is -2.02. The number of carbonyl (C=O) groups is 1. The quantitative estimate of drug-likeness (QED) is 0.833. The highest BCUT2D eigenvalue weighted by Crippen LogP contribution is 2.50. The lowest BCUT2D eigenvalue weighted by molar-refractivity contribution is 0.208. The number of hydrogen-bond donors (Lipinski definition) is 0. The van der Waals surface area contributed by atoms with E-state index in [1.807, 2.05) is 30.1 Å². The number of rotatable bonds is 3. The number of urea groups is 1. The van der Waals surface area contributed by atoms with Crippen LogP contribution in [0.2, 0.25) is 0 Å². The molecule has 19 heavy (non-hydrogen) atoms. The maximum absolute atomic E-state index is 12.4. The Labute approximate surface area is 113 Å². The van der Waals surface area contributed by atoms with Crippen molar-refractivity contribution in [3.63, 3.8) is 0 Å². The van der Waals surface area contributed by atoms with Crippen molar-refractivity contribution < 1.29 is 4.79 Å². The summed E-state index contributed by atoms with van der Waals surface area (Å²) in [4.78, 5) is 16.0. The molecule has 0 spiro atoms. The predicted octanol–water partition coefficient (Wildman–Crippen LogP) is 2.75. The second-order valence-corrected chi connectivity index (χ2v) is 5.69. The first-order valence-electron chi connectivity index (χ1n) is 6.63. The van der Waals surface area contributed by atoms with Crippen molar-refractivity contribution in [3.05, 3.63) is 29.8 Å². The third-order valence-corrected chi connectivity index (χ3v) is 4.15. The van der Waals surface area contributed by atoms with Gasteiger partial charge in [-0.1, -0.05) is 18.2 Å². The van der Waals surface area contributed by atoms with Crippen molar-refractivity contribution >= 4 is 11.7 Å². The van der Waals surface area contributed by atoms with E-state index in [-0.39, 0.29) is 11.4 Å². The lowest BCUT2D eigenvalue weighted by atomic mass is 10.0. The molecule has 1 saturated carbocycles. The zero-order chi connectivity index (χ0) is 13.5. The Morgan fingerprint density at radius 2 is 2.11 bits per heavy atom. The van der Waals surface area contributed by atoms with Gasteiger partial charge in [-0.15, -0.1) is 0 Å². The van der Waals surface area contributed by atoms with E-state index >= 15 is 0 Å².